The molecule has 0 spiro atoms. The molecule has 0 aliphatic carbocycles. The summed E-state index contributed by atoms with van der Waals surface area (Å²) in [5.74, 6) is 0.834. The lowest BCUT2D eigenvalue weighted by Gasteiger charge is -2.24. The highest BCUT2D eigenvalue weighted by atomic mass is 16.5. The average Bonchev–Trinajstić information content (AvgIpc) is 3.40. The van der Waals surface area contributed by atoms with Gasteiger partial charge >= 0.3 is 0 Å². The Balaban J connectivity index is 1.43. The van der Waals surface area contributed by atoms with Crippen LogP contribution in [0.25, 0.3) is 11.5 Å². The first kappa shape index (κ1) is 19.8. The maximum absolute atomic E-state index is 12.9. The van der Waals surface area contributed by atoms with Crippen molar-refractivity contribution in [3.8, 4) is 11.5 Å². The van der Waals surface area contributed by atoms with Crippen LogP contribution in [0.5, 0.6) is 0 Å². The third-order valence-corrected chi connectivity index (χ3v) is 5.26. The summed E-state index contributed by atoms with van der Waals surface area (Å²) < 4.78 is 7.20. The summed E-state index contributed by atoms with van der Waals surface area (Å²) in [6, 6.07) is 9.05. The number of hydrogen-bond donors (Lipinski definition) is 2. The minimum atomic E-state index is -0.423. The molecule has 0 unspecified atom stereocenters. The van der Waals surface area contributed by atoms with E-state index in [1.165, 1.54) is 6.92 Å². The number of aromatic nitrogens is 4. The van der Waals surface area contributed by atoms with Crippen LogP contribution in [0, 0.1) is 5.92 Å². The van der Waals surface area contributed by atoms with Crippen molar-refractivity contribution in [2.75, 3.05) is 6.54 Å². The zero-order chi connectivity index (χ0) is 21.1. The van der Waals surface area contributed by atoms with Crippen LogP contribution in [0.2, 0.25) is 0 Å². The van der Waals surface area contributed by atoms with Crippen LogP contribution in [0.15, 0.2) is 41.1 Å². The normalized spacial score (nSPS) is 16.5. The Kier molecular flexibility index (Phi) is 5.60. The number of benzene rings is 1. The van der Waals surface area contributed by atoms with E-state index in [1.807, 2.05) is 41.9 Å². The minimum Gasteiger partial charge on any atom is -0.356 e. The second-order valence-electron chi connectivity index (χ2n) is 7.54. The van der Waals surface area contributed by atoms with Gasteiger partial charge in [0.15, 0.2) is 5.82 Å². The van der Waals surface area contributed by atoms with Crippen molar-refractivity contribution in [1.29, 1.82) is 0 Å². The Bertz CT molecular complexity index is 1040. The topological polar surface area (TPSA) is 115 Å². The number of hydrogen-bond acceptors (Lipinski definition) is 6. The van der Waals surface area contributed by atoms with Gasteiger partial charge in [0.05, 0.1) is 23.5 Å². The summed E-state index contributed by atoms with van der Waals surface area (Å²) in [7, 11) is 0. The molecule has 1 aromatic carbocycles. The molecule has 1 aliphatic heterocycles. The molecule has 9 heteroatoms. The van der Waals surface area contributed by atoms with Crippen molar-refractivity contribution >= 4 is 11.8 Å². The van der Waals surface area contributed by atoms with E-state index in [-0.39, 0.29) is 17.7 Å². The second-order valence-corrected chi connectivity index (χ2v) is 7.54. The van der Waals surface area contributed by atoms with Gasteiger partial charge in [-0.1, -0.05) is 23.4 Å². The Morgan fingerprint density at radius 3 is 2.87 bits per heavy atom. The highest BCUT2D eigenvalue weighted by molar-refractivity contribution is 5.95. The SMILES string of the molecule is CC(=O)NC[C@@H]1CCn2ncc(C(=O)N[C@H](C)c3noc(-c4ccccc4)n3)c2C1. The van der Waals surface area contributed by atoms with Gasteiger partial charge in [0.25, 0.3) is 11.8 Å². The quantitative estimate of drug-likeness (QED) is 0.646. The van der Waals surface area contributed by atoms with Crippen molar-refractivity contribution in [3.05, 3.63) is 53.6 Å². The molecule has 2 aromatic heterocycles. The van der Waals surface area contributed by atoms with Crippen LogP contribution in [0.4, 0.5) is 0 Å². The predicted octanol–water partition coefficient (Wildman–Crippen LogP) is 2.12. The number of carbonyl (C=O) groups excluding carboxylic acids is 2. The molecule has 0 bridgehead atoms. The van der Waals surface area contributed by atoms with Gasteiger partial charge in [0.2, 0.25) is 5.91 Å². The van der Waals surface area contributed by atoms with Crippen molar-refractivity contribution in [1.82, 2.24) is 30.6 Å². The predicted molar refractivity (Wildman–Crippen MR) is 108 cm³/mol. The number of rotatable bonds is 6. The fourth-order valence-electron chi connectivity index (χ4n) is 3.60. The number of fused-ring (bicyclic) bond motifs is 1. The number of carbonyl (C=O) groups is 2. The third kappa shape index (κ3) is 4.24. The number of nitrogens with zero attached hydrogens (tertiary/aromatic N) is 4. The van der Waals surface area contributed by atoms with E-state index in [1.54, 1.807) is 6.20 Å². The van der Waals surface area contributed by atoms with Gasteiger partial charge in [-0.05, 0) is 37.8 Å². The standard InChI is InChI=1S/C21H24N6O3/c1-13(19-25-21(30-26-19)16-6-4-3-5-7-16)24-20(29)17-12-23-27-9-8-15(10-18(17)27)11-22-14(2)28/h3-7,12-13,15H,8-11H2,1-2H3,(H,22,28)(H,24,29)/t13-,15-/m1/s1. The third-order valence-electron chi connectivity index (χ3n) is 5.26. The first-order valence-electron chi connectivity index (χ1n) is 10.00. The van der Waals surface area contributed by atoms with Gasteiger partial charge in [-0.2, -0.15) is 10.1 Å². The zero-order valence-electron chi connectivity index (χ0n) is 17.0. The smallest absolute Gasteiger partial charge is 0.257 e. The molecule has 3 heterocycles. The molecule has 0 fully saturated rings. The molecule has 9 nitrogen and oxygen atoms in total. The van der Waals surface area contributed by atoms with E-state index in [9.17, 15) is 9.59 Å². The average molecular weight is 408 g/mol. The number of nitrogens with one attached hydrogen (secondary N) is 2. The molecule has 30 heavy (non-hydrogen) atoms. The summed E-state index contributed by atoms with van der Waals surface area (Å²) in [5, 5.41) is 14.1. The van der Waals surface area contributed by atoms with Gasteiger partial charge in [0.1, 0.15) is 0 Å². The lowest BCUT2D eigenvalue weighted by Crippen LogP contribution is -2.33. The Morgan fingerprint density at radius 1 is 1.30 bits per heavy atom. The zero-order valence-corrected chi connectivity index (χ0v) is 17.0. The molecular formula is C21H24N6O3. The van der Waals surface area contributed by atoms with E-state index in [0.29, 0.717) is 30.2 Å². The van der Waals surface area contributed by atoms with Gasteiger partial charge in [-0.25, -0.2) is 0 Å². The Labute approximate surface area is 173 Å². The van der Waals surface area contributed by atoms with Crippen LogP contribution < -0.4 is 10.6 Å². The van der Waals surface area contributed by atoms with E-state index in [0.717, 1.165) is 24.2 Å². The summed E-state index contributed by atoms with van der Waals surface area (Å²) in [6.45, 7) is 4.65. The fourth-order valence-corrected chi connectivity index (χ4v) is 3.60. The van der Waals surface area contributed by atoms with Crippen molar-refractivity contribution in [2.24, 2.45) is 5.92 Å². The molecule has 4 rings (SSSR count). The number of amides is 2. The summed E-state index contributed by atoms with van der Waals surface area (Å²) in [6.07, 6.45) is 3.21. The monoisotopic (exact) mass is 408 g/mol. The fraction of sp³-hybridized carbons (Fsp3) is 0.381. The maximum atomic E-state index is 12.9. The first-order valence-corrected chi connectivity index (χ1v) is 10.00. The lowest BCUT2D eigenvalue weighted by molar-refractivity contribution is -0.119. The minimum absolute atomic E-state index is 0.0455. The molecule has 2 amide bonds. The van der Waals surface area contributed by atoms with Crippen LogP contribution in [0.1, 0.15) is 48.2 Å². The molecule has 156 valence electrons. The lowest BCUT2D eigenvalue weighted by atomic mass is 9.94. The van der Waals surface area contributed by atoms with Gasteiger partial charge < -0.3 is 15.2 Å². The molecule has 3 aromatic rings. The van der Waals surface area contributed by atoms with Gasteiger partial charge in [-0.15, -0.1) is 0 Å². The van der Waals surface area contributed by atoms with E-state index >= 15 is 0 Å². The second kappa shape index (κ2) is 8.48. The molecule has 2 atom stereocenters. The summed E-state index contributed by atoms with van der Waals surface area (Å²) in [5.41, 5.74) is 2.26. The molecule has 2 N–H and O–H groups in total. The highest BCUT2D eigenvalue weighted by Crippen LogP contribution is 2.24. The largest absolute Gasteiger partial charge is 0.356 e. The van der Waals surface area contributed by atoms with E-state index in [4.69, 9.17) is 4.52 Å². The van der Waals surface area contributed by atoms with E-state index < -0.39 is 6.04 Å². The first-order chi connectivity index (χ1) is 14.5. The van der Waals surface area contributed by atoms with Crippen molar-refractivity contribution in [3.63, 3.8) is 0 Å². The maximum Gasteiger partial charge on any atom is 0.257 e. The Morgan fingerprint density at radius 2 is 2.10 bits per heavy atom. The number of aryl methyl sites for hydroxylation is 1. The summed E-state index contributed by atoms with van der Waals surface area (Å²) >= 11 is 0. The van der Waals surface area contributed by atoms with Crippen molar-refractivity contribution in [2.45, 2.75) is 39.3 Å². The van der Waals surface area contributed by atoms with Crippen LogP contribution >= 0.6 is 0 Å². The molecule has 0 saturated carbocycles. The van der Waals surface area contributed by atoms with Gasteiger partial charge in [-0.3, -0.25) is 14.3 Å². The molecule has 0 saturated heterocycles. The molecule has 1 aliphatic rings. The Hall–Kier alpha value is -3.49. The van der Waals surface area contributed by atoms with Crippen LogP contribution in [0.3, 0.4) is 0 Å². The highest BCUT2D eigenvalue weighted by Gasteiger charge is 2.27. The molecular weight excluding hydrogens is 384 g/mol. The van der Waals surface area contributed by atoms with Crippen molar-refractivity contribution < 1.29 is 14.1 Å². The van der Waals surface area contributed by atoms with Crippen LogP contribution in [-0.4, -0.2) is 38.3 Å². The molecule has 0 radical (unpaired) electrons. The van der Waals surface area contributed by atoms with E-state index in [2.05, 4.69) is 25.9 Å². The van der Waals surface area contributed by atoms with Gasteiger partial charge in [0, 0.05) is 25.6 Å². The van der Waals surface area contributed by atoms with Crippen LogP contribution in [-0.2, 0) is 17.8 Å². The summed E-state index contributed by atoms with van der Waals surface area (Å²) in [4.78, 5) is 28.5.